The van der Waals surface area contributed by atoms with Crippen molar-refractivity contribution in [2.45, 2.75) is 13.0 Å². The summed E-state index contributed by atoms with van der Waals surface area (Å²) in [7, 11) is 1.64. The van der Waals surface area contributed by atoms with E-state index in [-0.39, 0.29) is 11.9 Å². The number of benzene rings is 2. The summed E-state index contributed by atoms with van der Waals surface area (Å²) in [6.45, 7) is 4.08. The Balaban J connectivity index is 1.39. The van der Waals surface area contributed by atoms with Crippen LogP contribution in [0.4, 0.5) is 5.82 Å². The van der Waals surface area contributed by atoms with Crippen LogP contribution in [0.25, 0.3) is 11.1 Å². The third-order valence-electron chi connectivity index (χ3n) is 5.53. The molecule has 6 heteroatoms. The van der Waals surface area contributed by atoms with Crippen molar-refractivity contribution in [2.75, 3.05) is 36.6 Å². The van der Waals surface area contributed by atoms with Crippen molar-refractivity contribution >= 4 is 23.5 Å². The number of hydrogen-bond donors (Lipinski definition) is 1. The quantitative estimate of drug-likeness (QED) is 0.605. The lowest BCUT2D eigenvalue weighted by molar-refractivity contribution is 0.0940. The fraction of sp³-hybridized carbons (Fsp3) is 0.280. The van der Waals surface area contributed by atoms with Crippen LogP contribution in [0, 0.1) is 0 Å². The normalized spacial score (nSPS) is 14.7. The lowest BCUT2D eigenvalue weighted by atomic mass is 10.0. The molecule has 0 bridgehead atoms. The number of amides is 1. The van der Waals surface area contributed by atoms with Crippen LogP contribution >= 0.6 is 11.8 Å². The molecule has 1 N–H and O–H groups in total. The van der Waals surface area contributed by atoms with E-state index < -0.39 is 0 Å². The molecule has 1 atom stereocenters. The van der Waals surface area contributed by atoms with Crippen LogP contribution in [0.2, 0.25) is 0 Å². The number of hydrogen-bond acceptors (Lipinski definition) is 5. The average molecular weight is 434 g/mol. The predicted molar refractivity (Wildman–Crippen MR) is 128 cm³/mol. The number of carbonyl (C=O) groups excluding carboxylic acids is 1. The first kappa shape index (κ1) is 21.2. The third kappa shape index (κ3) is 5.20. The third-order valence-corrected chi connectivity index (χ3v) is 6.47. The van der Waals surface area contributed by atoms with Crippen molar-refractivity contribution in [3.63, 3.8) is 0 Å². The number of methoxy groups -OCH3 is 1. The van der Waals surface area contributed by atoms with Gasteiger partial charge in [0.05, 0.1) is 13.2 Å². The molecular weight excluding hydrogens is 406 g/mol. The molecule has 1 unspecified atom stereocenters. The molecule has 1 aliphatic heterocycles. The van der Waals surface area contributed by atoms with Gasteiger partial charge in [0, 0.05) is 41.9 Å². The van der Waals surface area contributed by atoms with Crippen LogP contribution in [0.15, 0.2) is 66.9 Å². The minimum atomic E-state index is -0.0944. The molecule has 0 saturated carbocycles. The summed E-state index contributed by atoms with van der Waals surface area (Å²) in [5.74, 6) is 4.06. The minimum absolute atomic E-state index is 0.0914. The van der Waals surface area contributed by atoms with Gasteiger partial charge in [0.1, 0.15) is 11.6 Å². The van der Waals surface area contributed by atoms with E-state index in [1.165, 1.54) is 0 Å². The van der Waals surface area contributed by atoms with Crippen LogP contribution in [0.5, 0.6) is 5.75 Å². The molecular formula is C25H27N3O2S. The Morgan fingerprint density at radius 1 is 1.00 bits per heavy atom. The fourth-order valence-electron chi connectivity index (χ4n) is 3.61. The molecule has 3 aromatic rings. The molecule has 4 rings (SSSR count). The number of thioether (sulfide) groups is 1. The maximum atomic E-state index is 12.7. The molecule has 0 spiro atoms. The summed E-state index contributed by atoms with van der Waals surface area (Å²) in [5.41, 5.74) is 3.77. The maximum absolute atomic E-state index is 12.7. The Bertz CT molecular complexity index is 998. The van der Waals surface area contributed by atoms with E-state index in [0.717, 1.165) is 52.9 Å². The van der Waals surface area contributed by atoms with Gasteiger partial charge in [-0.25, -0.2) is 4.98 Å². The van der Waals surface area contributed by atoms with E-state index in [9.17, 15) is 4.79 Å². The van der Waals surface area contributed by atoms with Gasteiger partial charge in [0.15, 0.2) is 0 Å². The standard InChI is InChI=1S/C25H27N3O2S/c1-18(19-7-10-23(30-2)11-8-19)27-25(29)21-5-3-20(4-6-21)22-9-12-24(26-17-22)28-13-15-31-16-14-28/h3-12,17-18H,13-16H2,1-2H3,(H,27,29). The lowest BCUT2D eigenvalue weighted by Gasteiger charge is -2.27. The van der Waals surface area contributed by atoms with Crippen molar-refractivity contribution < 1.29 is 9.53 Å². The molecule has 31 heavy (non-hydrogen) atoms. The highest BCUT2D eigenvalue weighted by Crippen LogP contribution is 2.23. The van der Waals surface area contributed by atoms with Gasteiger partial charge in [-0.1, -0.05) is 24.3 Å². The Morgan fingerprint density at radius 3 is 2.29 bits per heavy atom. The number of aromatic nitrogens is 1. The first-order chi connectivity index (χ1) is 15.1. The monoisotopic (exact) mass is 433 g/mol. The molecule has 2 aromatic carbocycles. The van der Waals surface area contributed by atoms with Crippen molar-refractivity contribution in [3.05, 3.63) is 78.0 Å². The van der Waals surface area contributed by atoms with Gasteiger partial charge in [0.2, 0.25) is 0 Å². The molecule has 1 saturated heterocycles. The van der Waals surface area contributed by atoms with Crippen LogP contribution in [0.1, 0.15) is 28.9 Å². The van der Waals surface area contributed by atoms with E-state index >= 15 is 0 Å². The molecule has 1 amide bonds. The van der Waals surface area contributed by atoms with Crippen LogP contribution < -0.4 is 15.0 Å². The predicted octanol–water partition coefficient (Wildman–Crippen LogP) is 4.80. The van der Waals surface area contributed by atoms with Gasteiger partial charge in [-0.3, -0.25) is 4.79 Å². The van der Waals surface area contributed by atoms with Gasteiger partial charge in [-0.2, -0.15) is 11.8 Å². The highest BCUT2D eigenvalue weighted by Gasteiger charge is 2.14. The second kappa shape index (κ2) is 9.88. The highest BCUT2D eigenvalue weighted by atomic mass is 32.2. The minimum Gasteiger partial charge on any atom is -0.497 e. The van der Waals surface area contributed by atoms with Gasteiger partial charge in [-0.15, -0.1) is 0 Å². The molecule has 0 aliphatic carbocycles. The summed E-state index contributed by atoms with van der Waals surface area (Å²) in [6.07, 6.45) is 1.91. The van der Waals surface area contributed by atoms with E-state index in [0.29, 0.717) is 5.56 Å². The Labute approximate surface area is 187 Å². The topological polar surface area (TPSA) is 54.5 Å². The van der Waals surface area contributed by atoms with E-state index in [1.54, 1.807) is 7.11 Å². The second-order valence-electron chi connectivity index (χ2n) is 7.55. The van der Waals surface area contributed by atoms with Gasteiger partial charge in [0.25, 0.3) is 5.91 Å². The number of pyridine rings is 1. The first-order valence-electron chi connectivity index (χ1n) is 10.5. The van der Waals surface area contributed by atoms with Crippen LogP contribution in [0.3, 0.4) is 0 Å². The summed E-state index contributed by atoms with van der Waals surface area (Å²) in [6, 6.07) is 19.5. The summed E-state index contributed by atoms with van der Waals surface area (Å²) < 4.78 is 5.19. The molecule has 2 heterocycles. The van der Waals surface area contributed by atoms with E-state index in [1.807, 2.05) is 73.4 Å². The van der Waals surface area contributed by atoms with Crippen molar-refractivity contribution in [1.82, 2.24) is 10.3 Å². The largest absolute Gasteiger partial charge is 0.497 e. The summed E-state index contributed by atoms with van der Waals surface area (Å²) >= 11 is 1.99. The van der Waals surface area contributed by atoms with Crippen molar-refractivity contribution in [2.24, 2.45) is 0 Å². The number of carbonyl (C=O) groups is 1. The zero-order chi connectivity index (χ0) is 21.6. The number of nitrogens with one attached hydrogen (secondary N) is 1. The zero-order valence-electron chi connectivity index (χ0n) is 17.9. The van der Waals surface area contributed by atoms with Crippen molar-refractivity contribution in [3.8, 4) is 16.9 Å². The Hall–Kier alpha value is -2.99. The second-order valence-corrected chi connectivity index (χ2v) is 8.77. The van der Waals surface area contributed by atoms with E-state index in [2.05, 4.69) is 27.3 Å². The van der Waals surface area contributed by atoms with Gasteiger partial charge >= 0.3 is 0 Å². The molecule has 5 nitrogen and oxygen atoms in total. The maximum Gasteiger partial charge on any atom is 0.251 e. The number of anilines is 1. The smallest absolute Gasteiger partial charge is 0.251 e. The summed E-state index contributed by atoms with van der Waals surface area (Å²) in [4.78, 5) is 19.6. The lowest BCUT2D eigenvalue weighted by Crippen LogP contribution is -2.32. The molecule has 1 fully saturated rings. The van der Waals surface area contributed by atoms with Crippen LogP contribution in [-0.2, 0) is 0 Å². The number of rotatable bonds is 6. The van der Waals surface area contributed by atoms with Crippen LogP contribution in [-0.4, -0.2) is 42.6 Å². The SMILES string of the molecule is COc1ccc(C(C)NC(=O)c2ccc(-c3ccc(N4CCSCC4)nc3)cc2)cc1. The van der Waals surface area contributed by atoms with Gasteiger partial charge in [-0.05, 0) is 54.4 Å². The molecule has 1 aliphatic rings. The first-order valence-corrected chi connectivity index (χ1v) is 11.6. The number of ether oxygens (including phenoxy) is 1. The van der Waals surface area contributed by atoms with Gasteiger partial charge < -0.3 is 15.0 Å². The average Bonchev–Trinajstić information content (AvgIpc) is 2.85. The van der Waals surface area contributed by atoms with E-state index in [4.69, 9.17) is 4.74 Å². The molecule has 1 aromatic heterocycles. The molecule has 160 valence electrons. The highest BCUT2D eigenvalue weighted by molar-refractivity contribution is 7.99. The summed E-state index contributed by atoms with van der Waals surface area (Å²) in [5, 5.41) is 3.05. The fourth-order valence-corrected chi connectivity index (χ4v) is 4.51. The molecule has 0 radical (unpaired) electrons. The number of nitrogens with zero attached hydrogens (tertiary/aromatic N) is 2. The van der Waals surface area contributed by atoms with Crippen molar-refractivity contribution in [1.29, 1.82) is 0 Å². The zero-order valence-corrected chi connectivity index (χ0v) is 18.7. The Morgan fingerprint density at radius 2 is 1.68 bits per heavy atom. The Kier molecular flexibility index (Phi) is 6.77.